The predicted molar refractivity (Wildman–Crippen MR) is 147 cm³/mol. The number of carbonyl (C=O) groups is 1. The number of azo groups is 1. The molecular weight excluding hydrogens is 516 g/mol. The average Bonchev–Trinajstić information content (AvgIpc) is 3.11. The van der Waals surface area contributed by atoms with Crippen LogP contribution in [0.2, 0.25) is 0 Å². The van der Waals surface area contributed by atoms with Gasteiger partial charge in [-0.05, 0) is 49.2 Å². The molecule has 36 heavy (non-hydrogen) atoms. The van der Waals surface area contributed by atoms with Gasteiger partial charge in [-0.1, -0.05) is 71.7 Å². The number of aromatic hydroxyl groups is 1. The van der Waals surface area contributed by atoms with Crippen molar-refractivity contribution >= 4 is 49.3 Å². The van der Waals surface area contributed by atoms with Crippen LogP contribution in [0, 0.1) is 12.8 Å². The molecule has 2 aromatic heterocycles. The SMILES string of the molecule is Cc1ccc2c(c1)c(N=NC(=O)c1cc(-c3ccc(Br)cc3)nc3ccccc13)c(O)n2CC(C)C. The Morgan fingerprint density at radius 3 is 2.53 bits per heavy atom. The van der Waals surface area contributed by atoms with Gasteiger partial charge in [0, 0.05) is 27.4 Å². The Kier molecular flexibility index (Phi) is 6.41. The number of amides is 1. The third-order valence-electron chi connectivity index (χ3n) is 6.04. The molecule has 0 aliphatic rings. The van der Waals surface area contributed by atoms with Gasteiger partial charge < -0.3 is 9.67 Å². The van der Waals surface area contributed by atoms with Gasteiger partial charge in [-0.15, -0.1) is 10.2 Å². The average molecular weight is 541 g/mol. The van der Waals surface area contributed by atoms with Crippen molar-refractivity contribution in [2.75, 3.05) is 0 Å². The van der Waals surface area contributed by atoms with Gasteiger partial charge in [0.1, 0.15) is 0 Å². The molecule has 0 aliphatic heterocycles. The second-order valence-corrected chi connectivity index (χ2v) is 10.2. The van der Waals surface area contributed by atoms with E-state index in [-0.39, 0.29) is 5.88 Å². The van der Waals surface area contributed by atoms with E-state index in [1.807, 2.05) is 78.2 Å². The molecule has 180 valence electrons. The lowest BCUT2D eigenvalue weighted by atomic mass is 10.0. The minimum Gasteiger partial charge on any atom is -0.493 e. The normalized spacial score (nSPS) is 11.8. The Morgan fingerprint density at radius 1 is 1.03 bits per heavy atom. The van der Waals surface area contributed by atoms with Crippen molar-refractivity contribution in [2.24, 2.45) is 16.1 Å². The molecule has 0 saturated carbocycles. The number of carbonyl (C=O) groups excluding carboxylic acids is 1. The molecule has 0 unspecified atom stereocenters. The molecule has 2 heterocycles. The number of aromatic nitrogens is 2. The van der Waals surface area contributed by atoms with Crippen molar-refractivity contribution in [3.8, 4) is 17.1 Å². The van der Waals surface area contributed by atoms with Gasteiger partial charge in [0.2, 0.25) is 5.88 Å². The molecule has 5 aromatic rings. The number of fused-ring (bicyclic) bond motifs is 2. The number of para-hydroxylation sites is 1. The maximum absolute atomic E-state index is 13.4. The summed E-state index contributed by atoms with van der Waals surface area (Å²) in [6.07, 6.45) is 0. The summed E-state index contributed by atoms with van der Waals surface area (Å²) in [5, 5.41) is 20.8. The fourth-order valence-electron chi connectivity index (χ4n) is 4.36. The summed E-state index contributed by atoms with van der Waals surface area (Å²) >= 11 is 3.46. The first-order chi connectivity index (χ1) is 17.3. The van der Waals surface area contributed by atoms with E-state index in [4.69, 9.17) is 4.98 Å². The second kappa shape index (κ2) is 9.66. The lowest BCUT2D eigenvalue weighted by Crippen LogP contribution is -2.03. The van der Waals surface area contributed by atoms with Crippen LogP contribution in [-0.2, 0) is 6.54 Å². The van der Waals surface area contributed by atoms with Crippen LogP contribution in [0.4, 0.5) is 5.69 Å². The van der Waals surface area contributed by atoms with Crippen LogP contribution in [0.1, 0.15) is 29.8 Å². The van der Waals surface area contributed by atoms with E-state index in [0.717, 1.165) is 26.5 Å². The first-order valence-corrected chi connectivity index (χ1v) is 12.5. The maximum atomic E-state index is 13.4. The number of hydrogen-bond acceptors (Lipinski definition) is 4. The summed E-state index contributed by atoms with van der Waals surface area (Å²) in [4.78, 5) is 18.1. The minimum absolute atomic E-state index is 0.0102. The van der Waals surface area contributed by atoms with Gasteiger partial charge in [0.25, 0.3) is 5.91 Å². The molecule has 7 heteroatoms. The van der Waals surface area contributed by atoms with E-state index >= 15 is 0 Å². The zero-order valence-corrected chi connectivity index (χ0v) is 21.8. The third-order valence-corrected chi connectivity index (χ3v) is 6.57. The lowest BCUT2D eigenvalue weighted by molar-refractivity contribution is 0.0996. The smallest absolute Gasteiger partial charge is 0.296 e. The highest BCUT2D eigenvalue weighted by Gasteiger charge is 2.19. The summed E-state index contributed by atoms with van der Waals surface area (Å²) in [6.45, 7) is 6.78. The molecule has 6 nitrogen and oxygen atoms in total. The molecule has 0 radical (unpaired) electrons. The van der Waals surface area contributed by atoms with Crippen molar-refractivity contribution in [3.63, 3.8) is 0 Å². The highest BCUT2D eigenvalue weighted by molar-refractivity contribution is 9.10. The number of pyridine rings is 1. The summed E-state index contributed by atoms with van der Waals surface area (Å²) in [5.41, 5.74) is 4.86. The number of hydrogen-bond donors (Lipinski definition) is 1. The van der Waals surface area contributed by atoms with Gasteiger partial charge in [-0.25, -0.2) is 4.98 Å². The monoisotopic (exact) mass is 540 g/mol. The number of rotatable bonds is 5. The van der Waals surface area contributed by atoms with Gasteiger partial charge in [0.15, 0.2) is 5.69 Å². The zero-order chi connectivity index (χ0) is 25.4. The van der Waals surface area contributed by atoms with Crippen molar-refractivity contribution < 1.29 is 9.90 Å². The molecule has 0 fully saturated rings. The Bertz CT molecular complexity index is 1640. The fourth-order valence-corrected chi connectivity index (χ4v) is 4.62. The van der Waals surface area contributed by atoms with Crippen LogP contribution in [-0.4, -0.2) is 20.6 Å². The molecule has 3 aromatic carbocycles. The van der Waals surface area contributed by atoms with Crippen molar-refractivity contribution in [1.29, 1.82) is 0 Å². The predicted octanol–water partition coefficient (Wildman–Crippen LogP) is 8.21. The Morgan fingerprint density at radius 2 is 1.78 bits per heavy atom. The number of benzene rings is 3. The molecular formula is C29H25BrN4O2. The molecule has 0 atom stereocenters. The first kappa shape index (κ1) is 23.9. The van der Waals surface area contributed by atoms with E-state index in [0.29, 0.717) is 40.3 Å². The van der Waals surface area contributed by atoms with E-state index in [9.17, 15) is 9.90 Å². The molecule has 1 amide bonds. The quantitative estimate of drug-likeness (QED) is 0.228. The van der Waals surface area contributed by atoms with E-state index in [2.05, 4.69) is 40.0 Å². The highest BCUT2D eigenvalue weighted by Crippen LogP contribution is 2.40. The number of aryl methyl sites for hydroxylation is 1. The van der Waals surface area contributed by atoms with Gasteiger partial charge in [0.05, 0.1) is 22.3 Å². The van der Waals surface area contributed by atoms with Crippen LogP contribution >= 0.6 is 15.9 Å². The topological polar surface area (TPSA) is 79.8 Å². The van der Waals surface area contributed by atoms with Gasteiger partial charge in [-0.2, -0.15) is 0 Å². The van der Waals surface area contributed by atoms with Crippen molar-refractivity contribution in [1.82, 2.24) is 9.55 Å². The first-order valence-electron chi connectivity index (χ1n) is 11.8. The maximum Gasteiger partial charge on any atom is 0.296 e. The van der Waals surface area contributed by atoms with E-state index in [1.165, 1.54) is 0 Å². The van der Waals surface area contributed by atoms with Crippen LogP contribution in [0.3, 0.4) is 0 Å². The molecule has 5 rings (SSSR count). The van der Waals surface area contributed by atoms with E-state index < -0.39 is 5.91 Å². The Hall–Kier alpha value is -3.84. The standard InChI is InChI=1S/C29H25BrN4O2/c1-17(2)16-34-26-13-8-18(3)14-23(26)27(29(34)36)32-33-28(35)22-15-25(19-9-11-20(30)12-10-19)31-24-7-5-4-6-21(22)24/h4-15,17,36H,16H2,1-3H3. The largest absolute Gasteiger partial charge is 0.493 e. The minimum atomic E-state index is -0.497. The third kappa shape index (κ3) is 4.54. The van der Waals surface area contributed by atoms with Crippen LogP contribution < -0.4 is 0 Å². The van der Waals surface area contributed by atoms with Crippen LogP contribution in [0.15, 0.2) is 87.5 Å². The Labute approximate surface area is 217 Å². The molecule has 0 spiro atoms. The highest BCUT2D eigenvalue weighted by atomic mass is 79.9. The van der Waals surface area contributed by atoms with Crippen molar-refractivity contribution in [2.45, 2.75) is 27.3 Å². The van der Waals surface area contributed by atoms with Crippen molar-refractivity contribution in [3.05, 3.63) is 88.4 Å². The molecule has 1 N–H and O–H groups in total. The zero-order valence-electron chi connectivity index (χ0n) is 20.2. The lowest BCUT2D eigenvalue weighted by Gasteiger charge is -2.09. The Balaban J connectivity index is 1.60. The summed E-state index contributed by atoms with van der Waals surface area (Å²) < 4.78 is 2.79. The van der Waals surface area contributed by atoms with E-state index in [1.54, 1.807) is 6.07 Å². The molecule has 0 bridgehead atoms. The summed E-state index contributed by atoms with van der Waals surface area (Å²) in [5.74, 6) is -0.167. The van der Waals surface area contributed by atoms with Crippen LogP contribution in [0.25, 0.3) is 33.1 Å². The molecule has 0 saturated heterocycles. The number of nitrogens with zero attached hydrogens (tertiary/aromatic N) is 4. The second-order valence-electron chi connectivity index (χ2n) is 9.28. The van der Waals surface area contributed by atoms with Crippen LogP contribution in [0.5, 0.6) is 5.88 Å². The fraction of sp³-hybridized carbons (Fsp3) is 0.172. The summed E-state index contributed by atoms with van der Waals surface area (Å²) in [7, 11) is 0. The number of halogens is 1. The molecule has 0 aliphatic carbocycles. The van der Waals surface area contributed by atoms with Gasteiger partial charge >= 0.3 is 0 Å². The van der Waals surface area contributed by atoms with Gasteiger partial charge in [-0.3, -0.25) is 4.79 Å². The summed E-state index contributed by atoms with van der Waals surface area (Å²) in [6, 6.07) is 22.9.